The summed E-state index contributed by atoms with van der Waals surface area (Å²) in [6.07, 6.45) is -3.58. The van der Waals surface area contributed by atoms with E-state index in [0.29, 0.717) is 0 Å². The number of benzene rings is 1. The molecule has 1 amide bonds. The molecule has 0 aliphatic rings. The van der Waals surface area contributed by atoms with Crippen LogP contribution in [0.15, 0.2) is 42.6 Å². The third kappa shape index (κ3) is 3.63. The van der Waals surface area contributed by atoms with Gasteiger partial charge in [0.25, 0.3) is 5.91 Å². The number of aromatic nitrogens is 1. The van der Waals surface area contributed by atoms with Crippen molar-refractivity contribution in [3.05, 3.63) is 65.0 Å². The second-order valence-corrected chi connectivity index (χ2v) is 4.98. The Balaban J connectivity index is 2.11. The zero-order valence-corrected chi connectivity index (χ0v) is 12.1. The van der Waals surface area contributed by atoms with Crippen molar-refractivity contribution in [2.45, 2.75) is 26.1 Å². The number of amides is 1. The van der Waals surface area contributed by atoms with Crippen LogP contribution in [0.25, 0.3) is 0 Å². The molecule has 0 aliphatic carbocycles. The van der Waals surface area contributed by atoms with E-state index in [2.05, 4.69) is 10.3 Å². The molecule has 116 valence electrons. The lowest BCUT2D eigenvalue weighted by molar-refractivity contribution is -0.141. The maximum Gasteiger partial charge on any atom is 0.433 e. The fraction of sp³-hybridized carbons (Fsp3) is 0.250. The average molecular weight is 308 g/mol. The molecular weight excluding hydrogens is 293 g/mol. The molecule has 0 radical (unpaired) electrons. The van der Waals surface area contributed by atoms with Gasteiger partial charge in [-0.2, -0.15) is 13.2 Å². The standard InChI is InChI=1S/C16H15F3N2O/c1-10-5-3-4-6-13(10)11(2)21-15(22)12-7-8-14(20-9-12)16(17,18)19/h3-9,11H,1-2H3,(H,21,22). The number of alkyl halides is 3. The predicted octanol–water partition coefficient (Wildman–Crippen LogP) is 3.90. The Morgan fingerprint density at radius 3 is 2.41 bits per heavy atom. The lowest BCUT2D eigenvalue weighted by Crippen LogP contribution is -2.27. The molecule has 2 rings (SSSR count). The van der Waals surface area contributed by atoms with Crippen LogP contribution in [-0.4, -0.2) is 10.9 Å². The van der Waals surface area contributed by atoms with Gasteiger partial charge in [-0.05, 0) is 37.1 Å². The van der Waals surface area contributed by atoms with Crippen LogP contribution in [0.5, 0.6) is 0 Å². The number of pyridine rings is 1. The first kappa shape index (κ1) is 16.0. The number of halogens is 3. The summed E-state index contributed by atoms with van der Waals surface area (Å²) in [7, 11) is 0. The molecule has 0 saturated carbocycles. The van der Waals surface area contributed by atoms with Crippen LogP contribution in [0.1, 0.15) is 40.1 Å². The van der Waals surface area contributed by atoms with Crippen molar-refractivity contribution in [1.29, 1.82) is 0 Å². The normalized spacial score (nSPS) is 12.8. The SMILES string of the molecule is Cc1ccccc1C(C)NC(=O)c1ccc(C(F)(F)F)nc1. The van der Waals surface area contributed by atoms with E-state index in [9.17, 15) is 18.0 Å². The number of aryl methyl sites for hydroxylation is 1. The third-order valence-corrected chi connectivity index (χ3v) is 3.32. The molecule has 0 spiro atoms. The molecule has 0 bridgehead atoms. The van der Waals surface area contributed by atoms with Gasteiger partial charge in [0, 0.05) is 6.20 Å². The van der Waals surface area contributed by atoms with E-state index in [1.165, 1.54) is 0 Å². The first-order valence-electron chi connectivity index (χ1n) is 6.68. The second-order valence-electron chi connectivity index (χ2n) is 4.98. The molecule has 1 aromatic carbocycles. The highest BCUT2D eigenvalue weighted by Crippen LogP contribution is 2.27. The van der Waals surface area contributed by atoms with Gasteiger partial charge in [-0.15, -0.1) is 0 Å². The minimum absolute atomic E-state index is 0.0911. The lowest BCUT2D eigenvalue weighted by atomic mass is 10.0. The summed E-state index contributed by atoms with van der Waals surface area (Å²) < 4.78 is 37.3. The Morgan fingerprint density at radius 2 is 1.86 bits per heavy atom. The van der Waals surface area contributed by atoms with Gasteiger partial charge in [0.2, 0.25) is 0 Å². The van der Waals surface area contributed by atoms with Gasteiger partial charge < -0.3 is 5.32 Å². The van der Waals surface area contributed by atoms with Crippen LogP contribution in [-0.2, 0) is 6.18 Å². The Hall–Kier alpha value is -2.37. The summed E-state index contributed by atoms with van der Waals surface area (Å²) in [5.74, 6) is -0.461. The molecule has 2 aromatic rings. The van der Waals surface area contributed by atoms with Crippen LogP contribution in [0.4, 0.5) is 13.2 Å². The van der Waals surface area contributed by atoms with Crippen LogP contribution in [0.3, 0.4) is 0 Å². The molecule has 1 unspecified atom stereocenters. The summed E-state index contributed by atoms with van der Waals surface area (Å²) in [4.78, 5) is 15.4. The van der Waals surface area contributed by atoms with Crippen molar-refractivity contribution in [2.24, 2.45) is 0 Å². The lowest BCUT2D eigenvalue weighted by Gasteiger charge is -2.16. The Bertz CT molecular complexity index is 666. The second kappa shape index (κ2) is 6.17. The van der Waals surface area contributed by atoms with Gasteiger partial charge in [-0.3, -0.25) is 9.78 Å². The number of nitrogens with zero attached hydrogens (tertiary/aromatic N) is 1. The maximum atomic E-state index is 12.4. The van der Waals surface area contributed by atoms with Crippen molar-refractivity contribution in [3.63, 3.8) is 0 Å². The highest BCUT2D eigenvalue weighted by atomic mass is 19.4. The summed E-state index contributed by atoms with van der Waals surface area (Å²) >= 11 is 0. The van der Waals surface area contributed by atoms with Crippen molar-refractivity contribution >= 4 is 5.91 Å². The maximum absolute atomic E-state index is 12.4. The minimum atomic E-state index is -4.51. The Morgan fingerprint density at radius 1 is 1.18 bits per heavy atom. The monoisotopic (exact) mass is 308 g/mol. The largest absolute Gasteiger partial charge is 0.433 e. The van der Waals surface area contributed by atoms with Gasteiger partial charge in [-0.1, -0.05) is 24.3 Å². The molecule has 6 heteroatoms. The Kier molecular flexibility index (Phi) is 4.49. The van der Waals surface area contributed by atoms with Crippen molar-refractivity contribution in [2.75, 3.05) is 0 Å². The molecule has 0 fully saturated rings. The van der Waals surface area contributed by atoms with E-state index in [4.69, 9.17) is 0 Å². The molecule has 1 heterocycles. The zero-order chi connectivity index (χ0) is 16.3. The van der Waals surface area contributed by atoms with E-state index in [1.54, 1.807) is 0 Å². The van der Waals surface area contributed by atoms with Crippen LogP contribution >= 0.6 is 0 Å². The molecule has 22 heavy (non-hydrogen) atoms. The number of hydrogen-bond acceptors (Lipinski definition) is 2. The van der Waals surface area contributed by atoms with Crippen LogP contribution in [0, 0.1) is 6.92 Å². The quantitative estimate of drug-likeness (QED) is 0.934. The van der Waals surface area contributed by atoms with Gasteiger partial charge in [-0.25, -0.2) is 0 Å². The number of hydrogen-bond donors (Lipinski definition) is 1. The topological polar surface area (TPSA) is 42.0 Å². The van der Waals surface area contributed by atoms with Gasteiger partial charge in [0.05, 0.1) is 11.6 Å². The number of rotatable bonds is 3. The number of carbonyl (C=O) groups excluding carboxylic acids is 1. The van der Waals surface area contributed by atoms with Gasteiger partial charge >= 0.3 is 6.18 Å². The number of carbonyl (C=O) groups is 1. The fourth-order valence-electron chi connectivity index (χ4n) is 2.13. The summed E-state index contributed by atoms with van der Waals surface area (Å²) in [6, 6.07) is 9.25. The predicted molar refractivity (Wildman–Crippen MR) is 76.3 cm³/mol. The minimum Gasteiger partial charge on any atom is -0.345 e. The van der Waals surface area contributed by atoms with Crippen LogP contribution < -0.4 is 5.32 Å². The van der Waals surface area contributed by atoms with E-state index < -0.39 is 17.8 Å². The van der Waals surface area contributed by atoms with Crippen LogP contribution in [0.2, 0.25) is 0 Å². The zero-order valence-electron chi connectivity index (χ0n) is 12.1. The Labute approximate surface area is 126 Å². The van der Waals surface area contributed by atoms with Crippen molar-refractivity contribution < 1.29 is 18.0 Å². The van der Waals surface area contributed by atoms with E-state index >= 15 is 0 Å². The first-order valence-corrected chi connectivity index (χ1v) is 6.68. The molecule has 1 N–H and O–H groups in total. The summed E-state index contributed by atoms with van der Waals surface area (Å²) in [5.41, 5.74) is 1.06. The third-order valence-electron chi connectivity index (χ3n) is 3.32. The number of nitrogens with one attached hydrogen (secondary N) is 1. The molecule has 1 aromatic heterocycles. The highest BCUT2D eigenvalue weighted by molar-refractivity contribution is 5.94. The van der Waals surface area contributed by atoms with Crippen molar-refractivity contribution in [3.8, 4) is 0 Å². The molecule has 0 aliphatic heterocycles. The molecule has 1 atom stereocenters. The smallest absolute Gasteiger partial charge is 0.345 e. The van der Waals surface area contributed by atoms with Crippen molar-refractivity contribution in [1.82, 2.24) is 10.3 Å². The molecular formula is C16H15F3N2O. The summed E-state index contributed by atoms with van der Waals surface area (Å²) in [5, 5.41) is 2.75. The highest BCUT2D eigenvalue weighted by Gasteiger charge is 2.32. The van der Waals surface area contributed by atoms with Gasteiger partial charge in [0.15, 0.2) is 0 Å². The van der Waals surface area contributed by atoms with E-state index in [1.807, 2.05) is 38.1 Å². The molecule has 3 nitrogen and oxygen atoms in total. The van der Waals surface area contributed by atoms with E-state index in [-0.39, 0.29) is 11.6 Å². The summed E-state index contributed by atoms with van der Waals surface area (Å²) in [6.45, 7) is 3.75. The van der Waals surface area contributed by atoms with E-state index in [0.717, 1.165) is 29.5 Å². The van der Waals surface area contributed by atoms with Gasteiger partial charge in [0.1, 0.15) is 5.69 Å². The first-order chi connectivity index (χ1) is 10.3. The average Bonchev–Trinajstić information content (AvgIpc) is 2.46. The fourth-order valence-corrected chi connectivity index (χ4v) is 2.13. The molecule has 0 saturated heterocycles.